The molecule has 0 spiro atoms. The van der Waals surface area contributed by atoms with Crippen LogP contribution in [0.4, 0.5) is 5.82 Å². The standard InChI is InChI=1S/C18H23N3O11/c1-8-19-14(21(26)27)6-20(8)15-17(30-11(4)24)16(29-10(3)23)13(7-28-9(2)22)32-18(15)31-12(5)25/h6,13,15-18H,7H2,1-5H3/t13-,15-,16-,17-,18+/m1/s1. The van der Waals surface area contributed by atoms with Crippen LogP contribution in [-0.2, 0) is 42.9 Å². The smallest absolute Gasteiger partial charge is 0.381 e. The molecule has 32 heavy (non-hydrogen) atoms. The van der Waals surface area contributed by atoms with Gasteiger partial charge in [-0.15, -0.1) is 0 Å². The van der Waals surface area contributed by atoms with Crippen molar-refractivity contribution < 1.29 is 47.8 Å². The van der Waals surface area contributed by atoms with Crippen LogP contribution in [0.3, 0.4) is 0 Å². The van der Waals surface area contributed by atoms with E-state index < -0.39 is 71.9 Å². The van der Waals surface area contributed by atoms with E-state index in [9.17, 15) is 29.3 Å². The number of hydrogen-bond donors (Lipinski definition) is 0. The Morgan fingerprint density at radius 2 is 1.59 bits per heavy atom. The van der Waals surface area contributed by atoms with Gasteiger partial charge in [0.2, 0.25) is 12.1 Å². The largest absolute Gasteiger partial charge is 0.463 e. The monoisotopic (exact) mass is 457 g/mol. The lowest BCUT2D eigenvalue weighted by atomic mass is 9.95. The number of carbonyl (C=O) groups is 4. The van der Waals surface area contributed by atoms with E-state index in [-0.39, 0.29) is 5.82 Å². The van der Waals surface area contributed by atoms with Crippen molar-refractivity contribution in [2.45, 2.75) is 65.3 Å². The molecule has 0 amide bonds. The molecule has 5 atom stereocenters. The van der Waals surface area contributed by atoms with E-state index in [4.69, 9.17) is 23.7 Å². The number of esters is 4. The maximum Gasteiger partial charge on any atom is 0.381 e. The number of carbonyl (C=O) groups excluding carboxylic acids is 4. The molecular weight excluding hydrogens is 434 g/mol. The Hall–Kier alpha value is -3.55. The summed E-state index contributed by atoms with van der Waals surface area (Å²) in [6.45, 7) is 5.47. The van der Waals surface area contributed by atoms with E-state index in [1.165, 1.54) is 11.5 Å². The van der Waals surface area contributed by atoms with E-state index >= 15 is 0 Å². The summed E-state index contributed by atoms with van der Waals surface area (Å²) in [7, 11) is 0. The highest BCUT2D eigenvalue weighted by molar-refractivity contribution is 5.68. The summed E-state index contributed by atoms with van der Waals surface area (Å²) in [5.41, 5.74) is 0. The molecule has 0 bridgehead atoms. The van der Waals surface area contributed by atoms with Crippen molar-refractivity contribution >= 4 is 29.7 Å². The van der Waals surface area contributed by atoms with Crippen molar-refractivity contribution in [2.24, 2.45) is 0 Å². The van der Waals surface area contributed by atoms with Gasteiger partial charge in [0, 0.05) is 34.6 Å². The molecule has 1 aromatic rings. The van der Waals surface area contributed by atoms with Crippen LogP contribution in [0, 0.1) is 17.0 Å². The molecular formula is C18H23N3O11. The van der Waals surface area contributed by atoms with Crippen LogP contribution in [-0.4, -0.2) is 69.6 Å². The van der Waals surface area contributed by atoms with E-state index in [0.717, 1.165) is 33.9 Å². The Kier molecular flexibility index (Phi) is 7.86. The Labute approximate surface area is 181 Å². The second kappa shape index (κ2) is 10.2. The predicted molar refractivity (Wildman–Crippen MR) is 101 cm³/mol. The lowest BCUT2D eigenvalue weighted by Gasteiger charge is -2.44. The Morgan fingerprint density at radius 3 is 2.06 bits per heavy atom. The first kappa shape index (κ1) is 24.7. The third-order valence-corrected chi connectivity index (χ3v) is 4.36. The van der Waals surface area contributed by atoms with Gasteiger partial charge < -0.3 is 33.8 Å². The summed E-state index contributed by atoms with van der Waals surface area (Å²) < 4.78 is 27.9. The van der Waals surface area contributed by atoms with Gasteiger partial charge >= 0.3 is 29.7 Å². The average molecular weight is 457 g/mol. The molecule has 0 N–H and O–H groups in total. The van der Waals surface area contributed by atoms with Crippen molar-refractivity contribution in [3.05, 3.63) is 22.1 Å². The van der Waals surface area contributed by atoms with Crippen molar-refractivity contribution in [2.75, 3.05) is 6.61 Å². The number of rotatable bonds is 7. The van der Waals surface area contributed by atoms with Gasteiger partial charge in [-0.25, -0.2) is 0 Å². The molecule has 2 heterocycles. The minimum Gasteiger partial charge on any atom is -0.463 e. The minimum absolute atomic E-state index is 0.111. The molecule has 1 saturated heterocycles. The quantitative estimate of drug-likeness (QED) is 0.238. The number of nitrogens with zero attached hydrogens (tertiary/aromatic N) is 3. The molecule has 1 aromatic heterocycles. The summed E-state index contributed by atoms with van der Waals surface area (Å²) in [5.74, 6) is -3.38. The molecule has 1 aliphatic rings. The van der Waals surface area contributed by atoms with Gasteiger partial charge in [-0.1, -0.05) is 0 Å². The van der Waals surface area contributed by atoms with Crippen LogP contribution in [0.15, 0.2) is 6.20 Å². The number of ether oxygens (including phenoxy) is 5. The molecule has 0 aromatic carbocycles. The highest BCUT2D eigenvalue weighted by atomic mass is 16.7. The van der Waals surface area contributed by atoms with Gasteiger partial charge in [-0.05, 0) is 9.91 Å². The Morgan fingerprint density at radius 1 is 1.03 bits per heavy atom. The molecule has 1 fully saturated rings. The first-order chi connectivity index (χ1) is 14.9. The molecule has 0 radical (unpaired) electrons. The van der Waals surface area contributed by atoms with Crippen molar-refractivity contribution in [1.29, 1.82) is 0 Å². The van der Waals surface area contributed by atoms with E-state index in [2.05, 4.69) is 4.98 Å². The highest BCUT2D eigenvalue weighted by Gasteiger charge is 2.53. The van der Waals surface area contributed by atoms with Crippen LogP contribution in [0.2, 0.25) is 0 Å². The van der Waals surface area contributed by atoms with Crippen LogP contribution in [0.5, 0.6) is 0 Å². The van der Waals surface area contributed by atoms with Gasteiger partial charge in [0.15, 0.2) is 12.2 Å². The lowest BCUT2D eigenvalue weighted by molar-refractivity contribution is -0.389. The van der Waals surface area contributed by atoms with Crippen molar-refractivity contribution in [3.63, 3.8) is 0 Å². The van der Waals surface area contributed by atoms with Crippen LogP contribution < -0.4 is 0 Å². The highest BCUT2D eigenvalue weighted by Crippen LogP contribution is 2.36. The number of aromatic nitrogens is 2. The fraction of sp³-hybridized carbons (Fsp3) is 0.611. The second-order valence-electron chi connectivity index (χ2n) is 6.90. The fourth-order valence-electron chi connectivity index (χ4n) is 3.30. The van der Waals surface area contributed by atoms with Crippen LogP contribution in [0.25, 0.3) is 0 Å². The van der Waals surface area contributed by atoms with Crippen molar-refractivity contribution in [3.8, 4) is 0 Å². The van der Waals surface area contributed by atoms with Crippen LogP contribution >= 0.6 is 0 Å². The summed E-state index contributed by atoms with van der Waals surface area (Å²) in [5, 5.41) is 11.2. The topological polar surface area (TPSA) is 175 Å². The van der Waals surface area contributed by atoms with E-state index in [1.807, 2.05) is 0 Å². The normalized spacial score (nSPS) is 24.8. The van der Waals surface area contributed by atoms with E-state index in [1.54, 1.807) is 0 Å². The third-order valence-electron chi connectivity index (χ3n) is 4.36. The Bertz CT molecular complexity index is 912. The van der Waals surface area contributed by atoms with Gasteiger partial charge in [-0.3, -0.25) is 23.7 Å². The first-order valence-corrected chi connectivity index (χ1v) is 9.41. The number of aryl methyl sites for hydroxylation is 1. The summed E-state index contributed by atoms with van der Waals surface area (Å²) in [6, 6.07) is -1.22. The predicted octanol–water partition coefficient (Wildman–Crippen LogP) is 0.355. The fourth-order valence-corrected chi connectivity index (χ4v) is 3.30. The molecule has 14 heteroatoms. The summed E-state index contributed by atoms with van der Waals surface area (Å²) in [4.78, 5) is 61.0. The maximum atomic E-state index is 11.9. The molecule has 0 unspecified atom stereocenters. The van der Waals surface area contributed by atoms with Gasteiger partial charge in [0.1, 0.15) is 24.9 Å². The third kappa shape index (κ3) is 6.00. The van der Waals surface area contributed by atoms with Crippen molar-refractivity contribution in [1.82, 2.24) is 9.55 Å². The number of nitro groups is 1. The zero-order chi connectivity index (χ0) is 24.2. The minimum atomic E-state index is -1.46. The molecule has 0 saturated carbocycles. The summed E-state index contributed by atoms with van der Waals surface area (Å²) in [6.07, 6.45) is -4.26. The summed E-state index contributed by atoms with van der Waals surface area (Å²) >= 11 is 0. The molecule has 0 aliphatic carbocycles. The van der Waals surface area contributed by atoms with Crippen LogP contribution in [0.1, 0.15) is 39.6 Å². The first-order valence-electron chi connectivity index (χ1n) is 9.41. The maximum absolute atomic E-state index is 11.9. The SMILES string of the molecule is CC(=O)OC[C@H]1O[C@H](OC(C)=O)[C@H](n2cc([N+](=O)[O-])nc2C)[C@@H](OC(C)=O)[C@@H]1OC(C)=O. The zero-order valence-corrected chi connectivity index (χ0v) is 18.0. The number of imidazole rings is 1. The van der Waals surface area contributed by atoms with Gasteiger partial charge in [0.25, 0.3) is 0 Å². The van der Waals surface area contributed by atoms with E-state index in [0.29, 0.717) is 0 Å². The average Bonchev–Trinajstić information content (AvgIpc) is 3.03. The second-order valence-corrected chi connectivity index (χ2v) is 6.90. The van der Waals surface area contributed by atoms with Gasteiger partial charge in [-0.2, -0.15) is 0 Å². The van der Waals surface area contributed by atoms with Gasteiger partial charge in [0.05, 0.1) is 0 Å². The Balaban J connectivity index is 2.62. The lowest BCUT2D eigenvalue weighted by Crippen LogP contribution is -2.59. The zero-order valence-electron chi connectivity index (χ0n) is 18.0. The molecule has 176 valence electrons. The molecule has 14 nitrogen and oxygen atoms in total. The molecule has 1 aliphatic heterocycles. The number of hydrogen-bond acceptors (Lipinski definition) is 12. The molecule has 2 rings (SSSR count).